The van der Waals surface area contributed by atoms with E-state index in [4.69, 9.17) is 10.00 Å². The van der Waals surface area contributed by atoms with E-state index in [1.165, 1.54) is 12.1 Å². The molecule has 2 heterocycles. The highest BCUT2D eigenvalue weighted by molar-refractivity contribution is 9.10. The van der Waals surface area contributed by atoms with Gasteiger partial charge in [-0.2, -0.15) is 18.4 Å². The molecule has 196 valence electrons. The summed E-state index contributed by atoms with van der Waals surface area (Å²) in [6.45, 7) is 2.09. The summed E-state index contributed by atoms with van der Waals surface area (Å²) in [5.74, 6) is -0.0139. The topological polar surface area (TPSA) is 116 Å². The minimum Gasteiger partial charge on any atom is -0.492 e. The molecule has 0 saturated carbocycles. The molecule has 3 N–H and O–H groups in total. The minimum absolute atomic E-state index is 0.0191. The van der Waals surface area contributed by atoms with Gasteiger partial charge in [0.25, 0.3) is 10.0 Å². The number of nitriles is 1. The van der Waals surface area contributed by atoms with E-state index in [0.717, 1.165) is 19.2 Å². The smallest absolute Gasteiger partial charge is 0.401 e. The Bertz CT molecular complexity index is 1400. The highest BCUT2D eigenvalue weighted by Gasteiger charge is 2.55. The summed E-state index contributed by atoms with van der Waals surface area (Å²) >= 11 is 3.29. The maximum atomic E-state index is 13.9. The fourth-order valence-electron chi connectivity index (χ4n) is 3.85. The van der Waals surface area contributed by atoms with Crippen LogP contribution in [0.3, 0.4) is 0 Å². The number of pyridine rings is 1. The van der Waals surface area contributed by atoms with Gasteiger partial charge in [0.1, 0.15) is 28.0 Å². The second kappa shape index (κ2) is 10.4. The van der Waals surface area contributed by atoms with Crippen LogP contribution in [0.25, 0.3) is 0 Å². The van der Waals surface area contributed by atoms with Crippen molar-refractivity contribution in [2.24, 2.45) is 5.41 Å². The summed E-state index contributed by atoms with van der Waals surface area (Å²) in [4.78, 5) is 3.95. The van der Waals surface area contributed by atoms with Crippen LogP contribution >= 0.6 is 15.9 Å². The summed E-state index contributed by atoms with van der Waals surface area (Å²) in [6, 6.07) is 10.0. The van der Waals surface area contributed by atoms with Crippen molar-refractivity contribution in [1.82, 2.24) is 15.0 Å². The maximum Gasteiger partial charge on any atom is 0.401 e. The molecule has 37 heavy (non-hydrogen) atoms. The highest BCUT2D eigenvalue weighted by Crippen LogP contribution is 2.50. The molecule has 1 saturated heterocycles. The van der Waals surface area contributed by atoms with E-state index in [9.17, 15) is 21.6 Å². The Balaban J connectivity index is 1.55. The predicted octanol–water partition coefficient (Wildman–Crippen LogP) is 4.86. The quantitative estimate of drug-likeness (QED) is 0.417. The number of hydrogen-bond donors (Lipinski definition) is 3. The molecule has 13 heteroatoms. The molecule has 2 aromatic rings. The van der Waals surface area contributed by atoms with E-state index in [2.05, 4.69) is 36.3 Å². The number of halogens is 4. The second-order valence-electron chi connectivity index (χ2n) is 8.86. The van der Waals surface area contributed by atoms with Crippen molar-refractivity contribution in [2.45, 2.75) is 36.9 Å². The zero-order chi connectivity index (χ0) is 26.8. The van der Waals surface area contributed by atoms with Gasteiger partial charge in [0.15, 0.2) is 0 Å². The fourth-order valence-corrected chi connectivity index (χ4v) is 5.48. The first-order chi connectivity index (χ1) is 17.4. The number of anilines is 2. The summed E-state index contributed by atoms with van der Waals surface area (Å²) < 4.78 is 76.2. The minimum atomic E-state index is -4.59. The molecule has 0 spiro atoms. The normalized spacial score (nSPS) is 22.0. The van der Waals surface area contributed by atoms with Gasteiger partial charge >= 0.3 is 6.18 Å². The molecule has 4 rings (SSSR count). The highest BCUT2D eigenvalue weighted by atomic mass is 79.9. The standard InChI is InChI=1S/C24H23BrF3N5O3S/c1-23(24(26,27)28)7-5-17(10-21(23)36-18-6-8-30-13-18)33-37(34,35)19-11-20(25)22(31-14-19)32-16-4-2-3-15(9-16)12-29/h2-5,9-11,14,18,30,33H,6-8,13H2,1H3,(H,31,32)/t18-,23?/m1/s1. The second-order valence-corrected chi connectivity index (χ2v) is 11.4. The van der Waals surface area contributed by atoms with E-state index in [1.807, 2.05) is 6.07 Å². The number of hydrogen-bond acceptors (Lipinski definition) is 7. The van der Waals surface area contributed by atoms with Crippen molar-refractivity contribution in [2.75, 3.05) is 18.4 Å². The lowest BCUT2D eigenvalue weighted by Gasteiger charge is -2.37. The Morgan fingerprint density at radius 2 is 2.11 bits per heavy atom. The maximum absolute atomic E-state index is 13.9. The van der Waals surface area contributed by atoms with Crippen LogP contribution in [0.15, 0.2) is 69.5 Å². The number of aromatic nitrogens is 1. The largest absolute Gasteiger partial charge is 0.492 e. The van der Waals surface area contributed by atoms with Crippen LogP contribution in [0.4, 0.5) is 24.7 Å². The van der Waals surface area contributed by atoms with E-state index >= 15 is 0 Å². The van der Waals surface area contributed by atoms with Crippen molar-refractivity contribution in [3.8, 4) is 6.07 Å². The van der Waals surface area contributed by atoms with Crippen molar-refractivity contribution < 1.29 is 26.3 Å². The first kappa shape index (κ1) is 27.0. The lowest BCUT2D eigenvalue weighted by molar-refractivity contribution is -0.217. The Morgan fingerprint density at radius 1 is 1.32 bits per heavy atom. The molecule has 1 aromatic heterocycles. The molecule has 0 amide bonds. The van der Waals surface area contributed by atoms with Gasteiger partial charge in [0, 0.05) is 30.2 Å². The molecule has 1 aliphatic carbocycles. The van der Waals surface area contributed by atoms with Crippen LogP contribution < -0.4 is 15.4 Å². The van der Waals surface area contributed by atoms with E-state index in [0.29, 0.717) is 41.1 Å². The van der Waals surface area contributed by atoms with Crippen molar-refractivity contribution in [3.05, 3.63) is 70.2 Å². The molecule has 2 aliphatic rings. The van der Waals surface area contributed by atoms with E-state index in [-0.39, 0.29) is 16.4 Å². The third-order valence-electron chi connectivity index (χ3n) is 6.13. The summed E-state index contributed by atoms with van der Waals surface area (Å²) in [5, 5.41) is 15.1. The van der Waals surface area contributed by atoms with Crippen LogP contribution in [0, 0.1) is 16.7 Å². The van der Waals surface area contributed by atoms with Gasteiger partial charge in [0.05, 0.1) is 16.1 Å². The average molecular weight is 598 g/mol. The molecule has 0 radical (unpaired) electrons. The van der Waals surface area contributed by atoms with Gasteiger partial charge in [-0.3, -0.25) is 4.72 Å². The lowest BCUT2D eigenvalue weighted by atomic mass is 9.80. The first-order valence-electron chi connectivity index (χ1n) is 11.2. The number of sulfonamides is 1. The molecule has 2 atom stereocenters. The van der Waals surface area contributed by atoms with Crippen LogP contribution in [0.2, 0.25) is 0 Å². The van der Waals surface area contributed by atoms with Crippen molar-refractivity contribution in [3.63, 3.8) is 0 Å². The predicted molar refractivity (Wildman–Crippen MR) is 134 cm³/mol. The summed E-state index contributed by atoms with van der Waals surface area (Å²) in [7, 11) is -4.18. The Labute approximate surface area is 220 Å². The summed E-state index contributed by atoms with van der Waals surface area (Å²) in [6.07, 6.45) is -1.52. The zero-order valence-electron chi connectivity index (χ0n) is 19.6. The lowest BCUT2D eigenvalue weighted by Crippen LogP contribution is -2.41. The zero-order valence-corrected chi connectivity index (χ0v) is 22.0. The number of benzene rings is 1. The summed E-state index contributed by atoms with van der Waals surface area (Å²) in [5.41, 5.74) is -1.27. The monoisotopic (exact) mass is 597 g/mol. The van der Waals surface area contributed by atoms with Gasteiger partial charge in [-0.1, -0.05) is 12.1 Å². The number of alkyl halides is 3. The van der Waals surface area contributed by atoms with Crippen LogP contribution in [0.1, 0.15) is 25.3 Å². The van der Waals surface area contributed by atoms with Gasteiger partial charge < -0.3 is 15.4 Å². The van der Waals surface area contributed by atoms with Crippen molar-refractivity contribution >= 4 is 37.5 Å². The average Bonchev–Trinajstić information content (AvgIpc) is 3.35. The SMILES string of the molecule is CC1(C(F)(F)F)CC=C(NS(=O)(=O)c2cnc(Nc3cccc(C#N)c3)c(Br)c2)C=C1O[C@@H]1CCNC1. The molecule has 1 aliphatic heterocycles. The van der Waals surface area contributed by atoms with E-state index < -0.39 is 34.1 Å². The fraction of sp³-hybridized carbons (Fsp3) is 0.333. The molecule has 1 fully saturated rings. The van der Waals surface area contributed by atoms with Crippen LogP contribution in [0.5, 0.6) is 0 Å². The van der Waals surface area contributed by atoms with Gasteiger partial charge in [-0.25, -0.2) is 13.4 Å². The first-order valence-corrected chi connectivity index (χ1v) is 13.5. The molecular weight excluding hydrogens is 575 g/mol. The number of allylic oxidation sites excluding steroid dienone is 3. The van der Waals surface area contributed by atoms with E-state index in [1.54, 1.807) is 24.3 Å². The van der Waals surface area contributed by atoms with Gasteiger partial charge in [0.2, 0.25) is 0 Å². The van der Waals surface area contributed by atoms with Gasteiger partial charge in [-0.05, 0) is 66.5 Å². The molecule has 8 nitrogen and oxygen atoms in total. The number of nitrogens with one attached hydrogen (secondary N) is 3. The van der Waals surface area contributed by atoms with Crippen LogP contribution in [-0.4, -0.2) is 38.8 Å². The third-order valence-corrected chi connectivity index (χ3v) is 8.08. The van der Waals surface area contributed by atoms with Gasteiger partial charge in [-0.15, -0.1) is 0 Å². The molecule has 1 aromatic carbocycles. The van der Waals surface area contributed by atoms with Crippen molar-refractivity contribution in [1.29, 1.82) is 5.26 Å². The Kier molecular flexibility index (Phi) is 7.55. The molecular formula is C24H23BrF3N5O3S. The number of nitrogens with zero attached hydrogens (tertiary/aromatic N) is 2. The van der Waals surface area contributed by atoms with Crippen LogP contribution in [-0.2, 0) is 14.8 Å². The molecule has 0 bridgehead atoms. The molecule has 1 unspecified atom stereocenters. The third kappa shape index (κ3) is 5.92. The Hall–Kier alpha value is -3.08. The number of ether oxygens (including phenoxy) is 1. The number of rotatable bonds is 7. The Morgan fingerprint density at radius 3 is 2.76 bits per heavy atom.